The van der Waals surface area contributed by atoms with Crippen molar-refractivity contribution >= 4 is 27.4 Å². The molecular weight excluding hydrogens is 360 g/mol. The summed E-state index contributed by atoms with van der Waals surface area (Å²) in [4.78, 5) is 4.39. The van der Waals surface area contributed by atoms with Gasteiger partial charge in [0.15, 0.2) is 5.96 Å². The van der Waals surface area contributed by atoms with Gasteiger partial charge in [0.05, 0.1) is 18.0 Å². The number of nitrogens with zero attached hydrogens (tertiary/aromatic N) is 2. The van der Waals surface area contributed by atoms with E-state index in [1.165, 1.54) is 21.9 Å². The Bertz CT molecular complexity index is 968. The summed E-state index contributed by atoms with van der Waals surface area (Å²) in [6.07, 6.45) is 4.19. The van der Waals surface area contributed by atoms with Gasteiger partial charge >= 0.3 is 0 Å². The molecule has 2 aliphatic rings. The molecular formula is C20H24N4O2S. The second kappa shape index (κ2) is 7.23. The highest BCUT2D eigenvalue weighted by molar-refractivity contribution is 7.93. The summed E-state index contributed by atoms with van der Waals surface area (Å²) in [5, 5.41) is 3.15. The van der Waals surface area contributed by atoms with Gasteiger partial charge in [-0.1, -0.05) is 18.2 Å². The molecule has 0 atom stereocenters. The van der Waals surface area contributed by atoms with Crippen LogP contribution in [0, 0.1) is 0 Å². The minimum absolute atomic E-state index is 0.226. The van der Waals surface area contributed by atoms with Crippen LogP contribution in [0.15, 0.2) is 47.5 Å². The number of aliphatic imine (C=N–C) groups is 1. The number of anilines is 2. The summed E-state index contributed by atoms with van der Waals surface area (Å²) in [6.45, 7) is 0.994. The van der Waals surface area contributed by atoms with E-state index in [1.54, 1.807) is 0 Å². The number of aryl methyl sites for hydroxylation is 2. The van der Waals surface area contributed by atoms with Gasteiger partial charge in [0.1, 0.15) is 0 Å². The smallest absolute Gasteiger partial charge is 0.235 e. The number of rotatable bonds is 4. The summed E-state index contributed by atoms with van der Waals surface area (Å²) in [6, 6.07) is 13.8. The van der Waals surface area contributed by atoms with Gasteiger partial charge in [0.2, 0.25) is 10.0 Å². The molecule has 0 radical (unpaired) electrons. The third kappa shape index (κ3) is 3.93. The third-order valence-corrected chi connectivity index (χ3v) is 7.00. The van der Waals surface area contributed by atoms with Crippen molar-refractivity contribution in [2.45, 2.75) is 32.2 Å². The molecule has 7 heteroatoms. The summed E-state index contributed by atoms with van der Waals surface area (Å²) >= 11 is 0. The Balaban J connectivity index is 1.39. The normalized spacial score (nSPS) is 18.5. The fraction of sp³-hybridized carbons (Fsp3) is 0.350. The fourth-order valence-corrected chi connectivity index (χ4v) is 5.28. The zero-order valence-corrected chi connectivity index (χ0v) is 16.0. The highest BCUT2D eigenvalue weighted by Crippen LogP contribution is 2.25. The highest BCUT2D eigenvalue weighted by atomic mass is 32.2. The van der Waals surface area contributed by atoms with E-state index in [0.717, 1.165) is 24.1 Å². The Morgan fingerprint density at radius 1 is 1.07 bits per heavy atom. The molecule has 142 valence electrons. The molecule has 1 aliphatic heterocycles. The first-order valence-electron chi connectivity index (χ1n) is 9.29. The zero-order valence-electron chi connectivity index (χ0n) is 15.2. The molecule has 0 amide bonds. The summed E-state index contributed by atoms with van der Waals surface area (Å²) in [7, 11) is -3.14. The molecule has 2 aromatic rings. The third-order valence-electron chi connectivity index (χ3n) is 5.13. The molecule has 4 rings (SSSR count). The highest BCUT2D eigenvalue weighted by Gasteiger charge is 2.28. The van der Waals surface area contributed by atoms with E-state index >= 15 is 0 Å². The number of hydrogen-bond donors (Lipinski definition) is 2. The largest absolute Gasteiger partial charge is 0.370 e. The lowest BCUT2D eigenvalue weighted by atomic mass is 10.1. The molecule has 1 fully saturated rings. The lowest BCUT2D eigenvalue weighted by Crippen LogP contribution is -2.25. The van der Waals surface area contributed by atoms with Crippen LogP contribution in [0.25, 0.3) is 0 Å². The molecule has 6 nitrogen and oxygen atoms in total. The minimum atomic E-state index is -3.14. The molecule has 1 aliphatic carbocycles. The Morgan fingerprint density at radius 3 is 2.59 bits per heavy atom. The van der Waals surface area contributed by atoms with Crippen molar-refractivity contribution in [2.24, 2.45) is 10.7 Å². The Hall–Kier alpha value is -2.54. The first kappa shape index (κ1) is 17.9. The van der Waals surface area contributed by atoms with Crippen molar-refractivity contribution < 1.29 is 8.42 Å². The lowest BCUT2D eigenvalue weighted by Gasteiger charge is -2.16. The predicted octanol–water partition coefficient (Wildman–Crippen LogP) is 2.64. The van der Waals surface area contributed by atoms with Crippen molar-refractivity contribution in [3.05, 3.63) is 59.2 Å². The van der Waals surface area contributed by atoms with E-state index in [2.05, 4.69) is 22.4 Å². The van der Waals surface area contributed by atoms with E-state index < -0.39 is 10.0 Å². The van der Waals surface area contributed by atoms with Crippen molar-refractivity contribution in [2.75, 3.05) is 21.9 Å². The molecule has 1 heterocycles. The Labute approximate surface area is 160 Å². The summed E-state index contributed by atoms with van der Waals surface area (Å²) in [5.74, 6) is 0.600. The van der Waals surface area contributed by atoms with Gasteiger partial charge in [0, 0.05) is 12.2 Å². The van der Waals surface area contributed by atoms with Crippen LogP contribution < -0.4 is 15.4 Å². The van der Waals surface area contributed by atoms with Crippen LogP contribution in [0.1, 0.15) is 29.5 Å². The van der Waals surface area contributed by atoms with E-state index in [0.29, 0.717) is 31.2 Å². The molecule has 2 aromatic carbocycles. The van der Waals surface area contributed by atoms with Crippen molar-refractivity contribution in [3.63, 3.8) is 0 Å². The second-order valence-corrected chi connectivity index (χ2v) is 9.08. The monoisotopic (exact) mass is 384 g/mol. The number of nitrogens with one attached hydrogen (secondary N) is 1. The van der Waals surface area contributed by atoms with Crippen molar-refractivity contribution in [1.29, 1.82) is 0 Å². The second-order valence-electron chi connectivity index (χ2n) is 7.07. The SMILES string of the molecule is NC(=NCc1ccc(N2CCCS2(=O)=O)cc1)Nc1ccc2c(c1)CCC2. The van der Waals surface area contributed by atoms with Crippen LogP contribution in [-0.4, -0.2) is 26.7 Å². The molecule has 3 N–H and O–H groups in total. The number of nitrogens with two attached hydrogens (primary N) is 1. The van der Waals surface area contributed by atoms with Gasteiger partial charge in [-0.3, -0.25) is 4.31 Å². The van der Waals surface area contributed by atoms with E-state index in [9.17, 15) is 8.42 Å². The van der Waals surface area contributed by atoms with Crippen LogP contribution in [-0.2, 0) is 29.4 Å². The van der Waals surface area contributed by atoms with Crippen LogP contribution in [0.3, 0.4) is 0 Å². The Kier molecular flexibility index (Phi) is 4.78. The first-order valence-corrected chi connectivity index (χ1v) is 10.9. The molecule has 1 saturated heterocycles. The molecule has 0 unspecified atom stereocenters. The van der Waals surface area contributed by atoms with Gasteiger partial charge in [0.25, 0.3) is 0 Å². The number of sulfonamides is 1. The van der Waals surface area contributed by atoms with Crippen LogP contribution in [0.2, 0.25) is 0 Å². The summed E-state index contributed by atoms with van der Waals surface area (Å²) < 4.78 is 25.4. The van der Waals surface area contributed by atoms with Gasteiger partial charge in [-0.05, 0) is 66.6 Å². The quantitative estimate of drug-likeness (QED) is 0.627. The molecule has 0 spiro atoms. The maximum absolute atomic E-state index is 12.0. The minimum Gasteiger partial charge on any atom is -0.370 e. The van der Waals surface area contributed by atoms with Gasteiger partial charge in [-0.15, -0.1) is 0 Å². The standard InChI is InChI=1S/C20H24N4O2S/c21-20(23-18-8-7-16-3-1-4-17(16)13-18)22-14-15-5-9-19(10-6-15)24-11-2-12-27(24,25)26/h5-10,13H,1-4,11-12,14H2,(H3,21,22,23). The van der Waals surface area contributed by atoms with Gasteiger partial charge in [-0.25, -0.2) is 13.4 Å². The molecule has 27 heavy (non-hydrogen) atoms. The predicted molar refractivity (Wildman–Crippen MR) is 110 cm³/mol. The van der Waals surface area contributed by atoms with Crippen LogP contribution in [0.5, 0.6) is 0 Å². The number of guanidine groups is 1. The molecule has 0 saturated carbocycles. The zero-order chi connectivity index (χ0) is 18.9. The maximum atomic E-state index is 12.0. The van der Waals surface area contributed by atoms with Crippen molar-refractivity contribution in [3.8, 4) is 0 Å². The van der Waals surface area contributed by atoms with E-state index in [1.807, 2.05) is 30.3 Å². The fourth-order valence-electron chi connectivity index (χ4n) is 3.71. The van der Waals surface area contributed by atoms with E-state index in [4.69, 9.17) is 5.73 Å². The number of benzene rings is 2. The first-order chi connectivity index (χ1) is 13.0. The number of hydrogen-bond acceptors (Lipinski definition) is 3. The molecule has 0 aromatic heterocycles. The average Bonchev–Trinajstić information content (AvgIpc) is 3.25. The Morgan fingerprint density at radius 2 is 1.85 bits per heavy atom. The van der Waals surface area contributed by atoms with Gasteiger partial charge in [-0.2, -0.15) is 0 Å². The van der Waals surface area contributed by atoms with Crippen molar-refractivity contribution in [1.82, 2.24) is 0 Å². The van der Waals surface area contributed by atoms with Crippen LogP contribution >= 0.6 is 0 Å². The molecule has 0 bridgehead atoms. The number of fused-ring (bicyclic) bond motifs is 1. The maximum Gasteiger partial charge on any atom is 0.235 e. The average molecular weight is 385 g/mol. The van der Waals surface area contributed by atoms with E-state index in [-0.39, 0.29) is 5.75 Å². The van der Waals surface area contributed by atoms with Crippen LogP contribution in [0.4, 0.5) is 11.4 Å². The lowest BCUT2D eigenvalue weighted by molar-refractivity contribution is 0.599. The van der Waals surface area contributed by atoms with Gasteiger partial charge < -0.3 is 11.1 Å². The topological polar surface area (TPSA) is 87.8 Å². The summed E-state index contributed by atoms with van der Waals surface area (Å²) in [5.41, 5.74) is 11.5.